The van der Waals surface area contributed by atoms with E-state index in [0.717, 1.165) is 19.3 Å². The van der Waals surface area contributed by atoms with Crippen LogP contribution in [0, 0.1) is 16.7 Å². The molecule has 0 fully saturated rings. The van der Waals surface area contributed by atoms with E-state index in [1.54, 1.807) is 10.8 Å². The van der Waals surface area contributed by atoms with Gasteiger partial charge in [0.05, 0.1) is 5.87 Å². The van der Waals surface area contributed by atoms with Gasteiger partial charge in [-0.15, -0.1) is 4.57 Å². The number of nitriles is 1. The van der Waals surface area contributed by atoms with Crippen LogP contribution in [0.25, 0.3) is 5.70 Å². The lowest BCUT2D eigenvalue weighted by molar-refractivity contribution is -0.576. The van der Waals surface area contributed by atoms with Crippen molar-refractivity contribution < 1.29 is 4.57 Å². The van der Waals surface area contributed by atoms with E-state index in [4.69, 9.17) is 10.7 Å². The maximum Gasteiger partial charge on any atom is 0.351 e. The molecule has 0 radical (unpaired) electrons. The van der Waals surface area contributed by atoms with E-state index < -0.39 is 0 Å². The van der Waals surface area contributed by atoms with E-state index in [9.17, 15) is 0 Å². The number of nitrogens with one attached hydrogen (secondary N) is 1. The molecule has 0 bridgehead atoms. The molecule has 0 aromatic carbocycles. The highest BCUT2D eigenvalue weighted by Crippen LogP contribution is 2.02. The fourth-order valence-electron chi connectivity index (χ4n) is 1.34. The number of nitrogens with zero attached hydrogens (tertiary/aromatic N) is 2. The first-order valence-electron chi connectivity index (χ1n) is 5.02. The van der Waals surface area contributed by atoms with Gasteiger partial charge in [0, 0.05) is 11.6 Å². The predicted octanol–water partition coefficient (Wildman–Crippen LogP) is 1.93. The van der Waals surface area contributed by atoms with Crippen LogP contribution in [0.4, 0.5) is 0 Å². The quantitative estimate of drug-likeness (QED) is 0.450. The second-order valence-electron chi connectivity index (χ2n) is 3.31. The van der Waals surface area contributed by atoms with Crippen molar-refractivity contribution in [3.05, 3.63) is 30.1 Å². The monoisotopic (exact) mass is 200 g/mol. The standard InChI is InChI=1S/C12H14N3/c1-2-3-5-11-6-4-7-15(10-11)12(8-13)9-14/h4,6-7,10,13H,2-3,5H2,1H3/q+1. The molecule has 1 rings (SSSR count). The largest absolute Gasteiger partial charge is 0.351 e. The van der Waals surface area contributed by atoms with Crippen LogP contribution in [-0.2, 0) is 6.42 Å². The van der Waals surface area contributed by atoms with Crippen LogP contribution in [-0.4, -0.2) is 5.87 Å². The second kappa shape index (κ2) is 5.74. The SMILES string of the molecule is CCCCc1ccc[n+](C(=C=N)C#N)c1. The summed E-state index contributed by atoms with van der Waals surface area (Å²) in [4.78, 5) is 0. The Morgan fingerprint density at radius 1 is 1.60 bits per heavy atom. The number of unbranched alkanes of at least 4 members (excludes halogenated alkanes) is 1. The van der Waals surface area contributed by atoms with Crippen LogP contribution in [0.1, 0.15) is 25.3 Å². The summed E-state index contributed by atoms with van der Waals surface area (Å²) >= 11 is 0. The molecule has 0 spiro atoms. The summed E-state index contributed by atoms with van der Waals surface area (Å²) in [5.74, 6) is 2.12. The zero-order valence-corrected chi connectivity index (χ0v) is 8.83. The topological polar surface area (TPSA) is 51.5 Å². The first kappa shape index (κ1) is 11.2. The highest BCUT2D eigenvalue weighted by molar-refractivity contribution is 5.80. The fourth-order valence-corrected chi connectivity index (χ4v) is 1.34. The fraction of sp³-hybridized carbons (Fsp3) is 0.333. The molecule has 1 aromatic rings. The Labute approximate surface area is 89.8 Å². The van der Waals surface area contributed by atoms with E-state index in [1.807, 2.05) is 24.4 Å². The Hall–Kier alpha value is -1.91. The maximum atomic E-state index is 8.76. The van der Waals surface area contributed by atoms with Gasteiger partial charge in [-0.1, -0.05) is 13.3 Å². The molecule has 0 atom stereocenters. The van der Waals surface area contributed by atoms with Crippen molar-refractivity contribution in [2.75, 3.05) is 0 Å². The minimum absolute atomic E-state index is 0.216. The number of aromatic nitrogens is 1. The highest BCUT2D eigenvalue weighted by Gasteiger charge is 2.08. The van der Waals surface area contributed by atoms with Crippen molar-refractivity contribution in [2.24, 2.45) is 0 Å². The summed E-state index contributed by atoms with van der Waals surface area (Å²) in [6.45, 7) is 2.15. The number of aryl methyl sites for hydroxylation is 1. The van der Waals surface area contributed by atoms with E-state index in [0.29, 0.717) is 0 Å². The van der Waals surface area contributed by atoms with Gasteiger partial charge < -0.3 is 0 Å². The van der Waals surface area contributed by atoms with Crippen molar-refractivity contribution in [3.8, 4) is 6.07 Å². The lowest BCUT2D eigenvalue weighted by Gasteiger charge is -1.97. The molecule has 3 heteroatoms. The Morgan fingerprint density at radius 2 is 2.40 bits per heavy atom. The summed E-state index contributed by atoms with van der Waals surface area (Å²) in [5.41, 5.74) is 1.40. The van der Waals surface area contributed by atoms with Crippen molar-refractivity contribution in [3.63, 3.8) is 0 Å². The summed E-state index contributed by atoms with van der Waals surface area (Å²) in [5, 5.41) is 15.7. The third-order valence-corrected chi connectivity index (χ3v) is 2.16. The third-order valence-electron chi connectivity index (χ3n) is 2.16. The van der Waals surface area contributed by atoms with Crippen LogP contribution in [0.15, 0.2) is 24.5 Å². The molecule has 15 heavy (non-hydrogen) atoms. The molecule has 0 aliphatic heterocycles. The molecule has 76 valence electrons. The average Bonchev–Trinajstić information content (AvgIpc) is 2.29. The minimum atomic E-state index is 0.216. The Morgan fingerprint density at radius 3 is 3.00 bits per heavy atom. The summed E-state index contributed by atoms with van der Waals surface area (Å²) < 4.78 is 1.64. The zero-order valence-electron chi connectivity index (χ0n) is 8.83. The predicted molar refractivity (Wildman–Crippen MR) is 58.3 cm³/mol. The van der Waals surface area contributed by atoms with Gasteiger partial charge in [-0.2, -0.15) is 5.26 Å². The van der Waals surface area contributed by atoms with E-state index in [-0.39, 0.29) is 5.70 Å². The molecule has 0 saturated carbocycles. The number of rotatable bonds is 4. The lowest BCUT2D eigenvalue weighted by Crippen LogP contribution is -2.31. The van der Waals surface area contributed by atoms with Crippen LogP contribution in [0.3, 0.4) is 0 Å². The van der Waals surface area contributed by atoms with Gasteiger partial charge in [0.2, 0.25) is 0 Å². The molecule has 3 nitrogen and oxygen atoms in total. The molecule has 0 amide bonds. The molecule has 1 aromatic heterocycles. The van der Waals surface area contributed by atoms with Crippen LogP contribution < -0.4 is 4.57 Å². The van der Waals surface area contributed by atoms with Gasteiger partial charge in [0.15, 0.2) is 18.5 Å². The molecule has 0 unspecified atom stereocenters. The number of pyridine rings is 1. The van der Waals surface area contributed by atoms with Gasteiger partial charge in [-0.25, -0.2) is 0 Å². The van der Waals surface area contributed by atoms with Crippen molar-refractivity contribution in [2.45, 2.75) is 26.2 Å². The zero-order chi connectivity index (χ0) is 11.1. The summed E-state index contributed by atoms with van der Waals surface area (Å²) in [6.07, 6.45) is 6.94. The molecule has 1 N–H and O–H groups in total. The normalized spacial score (nSPS) is 9.07. The first-order chi connectivity index (χ1) is 7.31. The van der Waals surface area contributed by atoms with Crippen molar-refractivity contribution >= 4 is 11.6 Å². The lowest BCUT2D eigenvalue weighted by atomic mass is 10.1. The smallest absolute Gasteiger partial charge is 0.252 e. The Bertz CT molecular complexity index is 423. The summed E-state index contributed by atoms with van der Waals surface area (Å²) in [7, 11) is 0. The number of hydrogen-bond acceptors (Lipinski definition) is 2. The van der Waals surface area contributed by atoms with Gasteiger partial charge in [-0.3, -0.25) is 5.41 Å². The first-order valence-corrected chi connectivity index (χ1v) is 5.02. The molecule has 0 aliphatic rings. The Kier molecular flexibility index (Phi) is 4.28. The highest BCUT2D eigenvalue weighted by atomic mass is 14.9. The number of allylic oxidation sites excluding steroid dienone is 1. The minimum Gasteiger partial charge on any atom is -0.252 e. The van der Waals surface area contributed by atoms with E-state index in [1.165, 1.54) is 5.56 Å². The molecular weight excluding hydrogens is 186 g/mol. The van der Waals surface area contributed by atoms with Crippen LogP contribution in [0.2, 0.25) is 0 Å². The maximum absolute atomic E-state index is 8.76. The molecule has 1 heterocycles. The van der Waals surface area contributed by atoms with Gasteiger partial charge in [-0.05, 0) is 18.9 Å². The van der Waals surface area contributed by atoms with E-state index >= 15 is 0 Å². The van der Waals surface area contributed by atoms with Crippen molar-refractivity contribution in [1.29, 1.82) is 10.7 Å². The van der Waals surface area contributed by atoms with Crippen molar-refractivity contribution in [1.82, 2.24) is 0 Å². The van der Waals surface area contributed by atoms with Gasteiger partial charge in [0.1, 0.15) is 0 Å². The summed E-state index contributed by atoms with van der Waals surface area (Å²) in [6, 6.07) is 5.85. The third kappa shape index (κ3) is 3.05. The van der Waals surface area contributed by atoms with Crippen LogP contribution >= 0.6 is 0 Å². The molecule has 0 aliphatic carbocycles. The average molecular weight is 200 g/mol. The molecular formula is C12H14N3+. The van der Waals surface area contributed by atoms with Gasteiger partial charge in [0.25, 0.3) is 0 Å². The second-order valence-corrected chi connectivity index (χ2v) is 3.31. The Balaban J connectivity index is 2.93. The van der Waals surface area contributed by atoms with E-state index in [2.05, 4.69) is 12.8 Å². The van der Waals surface area contributed by atoms with Gasteiger partial charge >= 0.3 is 5.70 Å². The van der Waals surface area contributed by atoms with Crippen LogP contribution in [0.5, 0.6) is 0 Å². The molecule has 0 saturated heterocycles. The number of hydrogen-bond donors (Lipinski definition) is 1.